The third kappa shape index (κ3) is 7.12. The predicted octanol–water partition coefficient (Wildman–Crippen LogP) is 6.34. The number of benzene rings is 5. The number of aliphatic hydroxyl groups excluding tert-OH is 1. The fourth-order valence-corrected chi connectivity index (χ4v) is 9.05. The summed E-state index contributed by atoms with van der Waals surface area (Å²) < 4.78 is 12.2. The van der Waals surface area contributed by atoms with E-state index in [0.29, 0.717) is 27.8 Å². The molecule has 0 radical (unpaired) electrons. The minimum Gasteiger partial charge on any atom is -0.508 e. The third-order valence-corrected chi connectivity index (χ3v) is 11.5. The number of morpholine rings is 1. The summed E-state index contributed by atoms with van der Waals surface area (Å²) in [6.45, 7) is 3.16. The molecular formula is C48H40N4O10. The molecule has 0 aliphatic carbocycles. The highest BCUT2D eigenvalue weighted by molar-refractivity contribution is 6.23. The first-order valence-electron chi connectivity index (χ1n) is 19.8. The number of anilines is 1. The van der Waals surface area contributed by atoms with Crippen LogP contribution in [0.3, 0.4) is 0 Å². The summed E-state index contributed by atoms with van der Waals surface area (Å²) >= 11 is 0. The molecule has 3 amide bonds. The number of rotatable bonds is 10. The Morgan fingerprint density at radius 2 is 1.58 bits per heavy atom. The van der Waals surface area contributed by atoms with Gasteiger partial charge in [-0.2, -0.15) is 0 Å². The van der Waals surface area contributed by atoms with E-state index in [0.717, 1.165) is 4.90 Å². The highest BCUT2D eigenvalue weighted by atomic mass is 16.6. The molecule has 14 heteroatoms. The lowest BCUT2D eigenvalue weighted by Gasteiger charge is -2.46. The largest absolute Gasteiger partial charge is 0.508 e. The molecular weight excluding hydrogens is 793 g/mol. The van der Waals surface area contributed by atoms with Crippen LogP contribution in [0.5, 0.6) is 5.75 Å². The van der Waals surface area contributed by atoms with E-state index in [1.807, 2.05) is 65.6 Å². The van der Waals surface area contributed by atoms with Gasteiger partial charge in [-0.25, -0.2) is 9.69 Å². The third-order valence-electron chi connectivity index (χ3n) is 11.5. The summed E-state index contributed by atoms with van der Waals surface area (Å²) in [5.41, 5.74) is 0.632. The molecule has 3 aliphatic heterocycles. The van der Waals surface area contributed by atoms with Crippen LogP contribution >= 0.6 is 0 Å². The average molecular weight is 833 g/mol. The Hall–Kier alpha value is -7.60. The van der Waals surface area contributed by atoms with Gasteiger partial charge < -0.3 is 25.0 Å². The van der Waals surface area contributed by atoms with Crippen molar-refractivity contribution in [2.75, 3.05) is 18.1 Å². The molecule has 3 aliphatic rings. The van der Waals surface area contributed by atoms with Crippen LogP contribution < -0.4 is 10.2 Å². The Balaban J connectivity index is 1.39. The van der Waals surface area contributed by atoms with Crippen LogP contribution in [-0.4, -0.2) is 63.1 Å². The zero-order valence-corrected chi connectivity index (χ0v) is 33.1. The monoisotopic (exact) mass is 832 g/mol. The maximum Gasteiger partial charge on any atom is 0.421 e. The molecule has 0 unspecified atom stereocenters. The van der Waals surface area contributed by atoms with E-state index in [4.69, 9.17) is 9.47 Å². The molecule has 6 atom stereocenters. The molecule has 2 saturated heterocycles. The number of carbonyl (C=O) groups excluding carboxylic acids is 4. The van der Waals surface area contributed by atoms with E-state index in [1.165, 1.54) is 48.5 Å². The number of imide groups is 1. The number of non-ortho nitro benzene ring substituents is 1. The predicted molar refractivity (Wildman–Crippen MR) is 225 cm³/mol. The molecule has 5 aromatic rings. The van der Waals surface area contributed by atoms with Gasteiger partial charge in [0.2, 0.25) is 11.8 Å². The summed E-state index contributed by atoms with van der Waals surface area (Å²) in [5.74, 6) is 1.94. The number of amides is 3. The fraction of sp³-hybridized carbons (Fsp3) is 0.208. The second kappa shape index (κ2) is 17.2. The number of nitro groups is 1. The van der Waals surface area contributed by atoms with Crippen LogP contribution in [0.15, 0.2) is 140 Å². The number of phenols is 1. The van der Waals surface area contributed by atoms with E-state index in [1.54, 1.807) is 24.3 Å². The Morgan fingerprint density at radius 3 is 2.23 bits per heavy atom. The van der Waals surface area contributed by atoms with Crippen molar-refractivity contribution in [3.05, 3.63) is 184 Å². The first-order chi connectivity index (χ1) is 30.1. The van der Waals surface area contributed by atoms with Gasteiger partial charge in [0.1, 0.15) is 29.9 Å². The number of esters is 1. The van der Waals surface area contributed by atoms with Crippen molar-refractivity contribution in [1.29, 1.82) is 0 Å². The van der Waals surface area contributed by atoms with Gasteiger partial charge in [-0.05, 0) is 70.3 Å². The first-order valence-corrected chi connectivity index (χ1v) is 19.8. The number of fused-ring (bicyclic) bond motifs is 3. The van der Waals surface area contributed by atoms with Gasteiger partial charge in [-0.1, -0.05) is 90.7 Å². The second-order valence-electron chi connectivity index (χ2n) is 15.0. The van der Waals surface area contributed by atoms with E-state index in [9.17, 15) is 29.9 Å². The first kappa shape index (κ1) is 41.1. The van der Waals surface area contributed by atoms with Gasteiger partial charge in [-0.15, -0.1) is 6.58 Å². The maximum absolute atomic E-state index is 16.1. The normalized spacial score (nSPS) is 22.5. The number of hydrogen-bond donors (Lipinski definition) is 3. The number of nitrogens with one attached hydrogen (secondary N) is 1. The zero-order chi connectivity index (χ0) is 43.5. The van der Waals surface area contributed by atoms with E-state index in [-0.39, 0.29) is 48.9 Å². The van der Waals surface area contributed by atoms with Crippen LogP contribution in [0, 0.1) is 27.9 Å². The summed E-state index contributed by atoms with van der Waals surface area (Å²) in [6, 6.07) is 31.3. The van der Waals surface area contributed by atoms with Crippen LogP contribution in [0.4, 0.5) is 16.2 Å². The number of nitro benzene ring substituents is 1. The highest BCUT2D eigenvalue weighted by Crippen LogP contribution is 2.66. The number of phenolic OH excluding ortho intramolecular Hbond substituents is 1. The molecule has 0 aromatic heterocycles. The van der Waals surface area contributed by atoms with Crippen molar-refractivity contribution in [3.63, 3.8) is 0 Å². The Morgan fingerprint density at radius 1 is 0.903 bits per heavy atom. The van der Waals surface area contributed by atoms with Crippen molar-refractivity contribution in [2.45, 2.75) is 42.7 Å². The molecule has 3 N–H and O–H groups in total. The van der Waals surface area contributed by atoms with E-state index < -0.39 is 64.4 Å². The molecule has 3 heterocycles. The smallest absolute Gasteiger partial charge is 0.421 e. The number of nitrogens with zero attached hydrogens (tertiary/aromatic N) is 3. The lowest BCUT2D eigenvalue weighted by Crippen LogP contribution is -2.55. The number of aliphatic hydroxyl groups is 1. The summed E-state index contributed by atoms with van der Waals surface area (Å²) in [6.07, 6.45) is -0.433. The van der Waals surface area contributed by atoms with Crippen molar-refractivity contribution in [1.82, 2.24) is 10.2 Å². The lowest BCUT2D eigenvalue weighted by molar-refractivity contribution is -0.384. The number of ether oxygens (including phenoxy) is 2. The molecule has 8 rings (SSSR count). The van der Waals surface area contributed by atoms with Crippen LogP contribution in [0.1, 0.15) is 58.0 Å². The lowest BCUT2D eigenvalue weighted by atomic mass is 9.65. The molecule has 0 saturated carbocycles. The molecule has 1 spiro atoms. The minimum absolute atomic E-state index is 0.0273. The average Bonchev–Trinajstić information content (AvgIpc) is 3.74. The van der Waals surface area contributed by atoms with Crippen molar-refractivity contribution in [2.24, 2.45) is 5.92 Å². The van der Waals surface area contributed by atoms with Crippen LogP contribution in [0.2, 0.25) is 0 Å². The van der Waals surface area contributed by atoms with Gasteiger partial charge in [0.15, 0.2) is 0 Å². The minimum atomic E-state index is -2.08. The van der Waals surface area contributed by atoms with Gasteiger partial charge in [-0.3, -0.25) is 29.4 Å². The van der Waals surface area contributed by atoms with Gasteiger partial charge in [0.05, 0.1) is 35.2 Å². The SMILES string of the molecule is C=CCNC(=O)[C@H]1[C@@H]2C(=O)O[C@@H](c3ccccc3)[C@@H](c3ccccc3)N2[C@@H](c2ccc(O)cc2)[C@]12C(=O)N(C(=O)OCc1ccc([N+](=O)[O-])cc1)c1ccc(C#CCCO)cc12. The summed E-state index contributed by atoms with van der Waals surface area (Å²) in [5, 5.41) is 34.2. The highest BCUT2D eigenvalue weighted by Gasteiger charge is 2.75. The molecule has 0 bridgehead atoms. The number of hydrogen-bond acceptors (Lipinski definition) is 11. The Kier molecular flexibility index (Phi) is 11.4. The van der Waals surface area contributed by atoms with Crippen molar-refractivity contribution in [3.8, 4) is 17.6 Å². The zero-order valence-electron chi connectivity index (χ0n) is 33.1. The van der Waals surface area contributed by atoms with Crippen molar-refractivity contribution < 1.29 is 43.8 Å². The second-order valence-corrected chi connectivity index (χ2v) is 15.0. The number of cyclic esters (lactones) is 1. The summed E-state index contributed by atoms with van der Waals surface area (Å²) in [7, 11) is 0. The Labute approximate surface area is 356 Å². The van der Waals surface area contributed by atoms with Crippen LogP contribution in [0.25, 0.3) is 0 Å². The van der Waals surface area contributed by atoms with Gasteiger partial charge in [0, 0.05) is 30.7 Å². The molecule has 5 aromatic carbocycles. The molecule has 62 heavy (non-hydrogen) atoms. The van der Waals surface area contributed by atoms with Crippen molar-refractivity contribution >= 4 is 35.3 Å². The molecule has 312 valence electrons. The molecule has 2 fully saturated rings. The maximum atomic E-state index is 16.1. The van der Waals surface area contributed by atoms with E-state index in [2.05, 4.69) is 23.7 Å². The summed E-state index contributed by atoms with van der Waals surface area (Å²) in [4.78, 5) is 74.1. The molecule has 14 nitrogen and oxygen atoms in total. The fourth-order valence-electron chi connectivity index (χ4n) is 9.05. The van der Waals surface area contributed by atoms with Crippen LogP contribution in [-0.2, 0) is 35.9 Å². The standard InChI is InChI=1S/C48H40N4O10/c1-2-26-49-44(55)39-41-45(56)62-42(33-14-7-4-8-15-33)40(32-12-5-3-6-13-32)51(41)43(34-19-23-36(54)24-20-34)48(39)37-28-30(11-9-10-27-53)18-25-38(37)50(46(48)57)47(58)61-29-31-16-21-35(22-17-31)52(59)60/h2-8,12-25,28,39-43,53-54H,1,10,26-27,29H2,(H,49,55)/t39-,40-,41-,42+,43+,48-/m1/s1. The number of carbonyl (C=O) groups is 4. The van der Waals surface area contributed by atoms with Gasteiger partial charge in [0.25, 0.3) is 5.69 Å². The quantitative estimate of drug-likeness (QED) is 0.0469. The van der Waals surface area contributed by atoms with E-state index >= 15 is 9.59 Å². The topological polar surface area (TPSA) is 189 Å². The number of aromatic hydroxyl groups is 1. The Bertz CT molecular complexity index is 2610. The van der Waals surface area contributed by atoms with Gasteiger partial charge >= 0.3 is 12.1 Å².